The number of furan rings is 1. The monoisotopic (exact) mass is 423 g/mol. The molecule has 1 aliphatic rings. The molecule has 0 saturated heterocycles. The molecule has 0 radical (unpaired) electrons. The third-order valence-corrected chi connectivity index (χ3v) is 6.30. The van der Waals surface area contributed by atoms with Crippen molar-refractivity contribution in [2.24, 2.45) is 10.3 Å². The summed E-state index contributed by atoms with van der Waals surface area (Å²) in [5.74, 6) is 0.0884. The van der Waals surface area contributed by atoms with E-state index in [1.54, 1.807) is 18.2 Å². The molecule has 2 heterocycles. The van der Waals surface area contributed by atoms with E-state index in [9.17, 15) is 13.2 Å². The summed E-state index contributed by atoms with van der Waals surface area (Å²) in [6.45, 7) is 3.94. The van der Waals surface area contributed by atoms with Gasteiger partial charge in [0.2, 0.25) is 0 Å². The van der Waals surface area contributed by atoms with Crippen LogP contribution in [0.15, 0.2) is 80.6 Å². The zero-order valence-electron chi connectivity index (χ0n) is 16.6. The van der Waals surface area contributed by atoms with Crippen LogP contribution in [-0.4, -0.2) is 20.2 Å². The summed E-state index contributed by atoms with van der Waals surface area (Å²) < 4.78 is 35.2. The normalized spacial score (nSPS) is 15.8. The number of hydrogen-bond acceptors (Lipinski definition) is 5. The van der Waals surface area contributed by atoms with Gasteiger partial charge in [0.05, 0.1) is 12.0 Å². The molecule has 2 aromatic carbocycles. The van der Waals surface area contributed by atoms with Gasteiger partial charge in [-0.15, -0.1) is 4.40 Å². The molecule has 1 unspecified atom stereocenters. The lowest BCUT2D eigenvalue weighted by atomic mass is 10.1. The van der Waals surface area contributed by atoms with Crippen LogP contribution in [0.2, 0.25) is 0 Å². The molecule has 0 spiro atoms. The molecule has 1 aliphatic heterocycles. The Hall–Kier alpha value is -3.39. The Kier molecular flexibility index (Phi) is 5.17. The number of para-hydroxylation sites is 1. The number of rotatable bonds is 5. The van der Waals surface area contributed by atoms with Crippen LogP contribution in [-0.2, 0) is 10.0 Å². The minimum Gasteiger partial charge on any atom is -0.459 e. The Morgan fingerprint density at radius 1 is 1.13 bits per heavy atom. The Bertz CT molecular complexity index is 1200. The summed E-state index contributed by atoms with van der Waals surface area (Å²) in [6, 6.07) is 17.4. The fraction of sp³-hybridized carbons (Fsp3) is 0.182. The van der Waals surface area contributed by atoms with Gasteiger partial charge in [0.1, 0.15) is 10.7 Å². The van der Waals surface area contributed by atoms with E-state index < -0.39 is 15.9 Å². The first-order chi connectivity index (χ1) is 14.4. The van der Waals surface area contributed by atoms with E-state index in [0.29, 0.717) is 17.2 Å². The van der Waals surface area contributed by atoms with E-state index in [0.717, 1.165) is 12.1 Å². The number of anilines is 3. The number of nitrogens with one attached hydrogen (secondary N) is 1. The Morgan fingerprint density at radius 2 is 1.90 bits per heavy atom. The van der Waals surface area contributed by atoms with E-state index in [2.05, 4.69) is 9.71 Å². The van der Waals surface area contributed by atoms with Gasteiger partial charge < -0.3 is 9.73 Å². The van der Waals surface area contributed by atoms with Gasteiger partial charge in [-0.3, -0.25) is 9.69 Å². The number of amides is 1. The van der Waals surface area contributed by atoms with Crippen LogP contribution < -0.4 is 10.2 Å². The van der Waals surface area contributed by atoms with Gasteiger partial charge in [-0.05, 0) is 48.9 Å². The fourth-order valence-electron chi connectivity index (χ4n) is 3.26. The zero-order valence-corrected chi connectivity index (χ0v) is 17.4. The summed E-state index contributed by atoms with van der Waals surface area (Å²) in [6.07, 6.45) is 2.14. The number of benzene rings is 2. The highest BCUT2D eigenvalue weighted by Crippen LogP contribution is 2.40. The zero-order chi connectivity index (χ0) is 21.3. The summed E-state index contributed by atoms with van der Waals surface area (Å²) in [4.78, 5) is 14.2. The molecule has 0 fully saturated rings. The lowest BCUT2D eigenvalue weighted by Crippen LogP contribution is -2.36. The number of hydrogen-bond donors (Lipinski definition) is 1. The van der Waals surface area contributed by atoms with Crippen LogP contribution in [0, 0.1) is 5.92 Å². The highest BCUT2D eigenvalue weighted by molar-refractivity contribution is 7.90. The first kappa shape index (κ1) is 19.9. The van der Waals surface area contributed by atoms with Crippen molar-refractivity contribution in [3.8, 4) is 0 Å². The number of amidine groups is 1. The topological polar surface area (TPSA) is 92.0 Å². The first-order valence-electron chi connectivity index (χ1n) is 9.59. The van der Waals surface area contributed by atoms with Crippen molar-refractivity contribution in [1.29, 1.82) is 0 Å². The van der Waals surface area contributed by atoms with Crippen LogP contribution in [0.4, 0.5) is 17.1 Å². The lowest BCUT2D eigenvalue weighted by Gasteiger charge is -2.33. The van der Waals surface area contributed by atoms with Gasteiger partial charge in [0.25, 0.3) is 15.9 Å². The average molecular weight is 423 g/mol. The molecule has 0 aliphatic carbocycles. The first-order valence-corrected chi connectivity index (χ1v) is 11.0. The largest absolute Gasteiger partial charge is 0.459 e. The quantitative estimate of drug-likeness (QED) is 0.635. The van der Waals surface area contributed by atoms with Crippen molar-refractivity contribution >= 4 is 38.8 Å². The molecule has 1 atom stereocenters. The number of carbonyl (C=O) groups excluding carboxylic acids is 1. The third kappa shape index (κ3) is 3.61. The molecule has 0 bridgehead atoms. The van der Waals surface area contributed by atoms with Crippen LogP contribution in [0.5, 0.6) is 0 Å². The highest BCUT2D eigenvalue weighted by atomic mass is 32.2. The standard InChI is InChI=1S/C22H21N3O4S/c1-3-15(2)21-24-30(27,28)20-14-16(23-22(26)19-10-7-13-29-19)11-12-18(20)25(21)17-8-5-4-6-9-17/h4-15H,3H2,1-2H3,(H,23,26). The van der Waals surface area contributed by atoms with Gasteiger partial charge in [-0.25, -0.2) is 0 Å². The molecule has 4 rings (SSSR count). The smallest absolute Gasteiger partial charge is 0.291 e. The van der Waals surface area contributed by atoms with E-state index in [1.807, 2.05) is 49.1 Å². The van der Waals surface area contributed by atoms with Gasteiger partial charge in [0, 0.05) is 17.3 Å². The predicted octanol–water partition coefficient (Wildman–Crippen LogP) is 4.82. The number of carbonyl (C=O) groups is 1. The molecule has 1 aromatic heterocycles. The minimum atomic E-state index is -3.93. The lowest BCUT2D eigenvalue weighted by molar-refractivity contribution is 0.0996. The summed E-state index contributed by atoms with van der Waals surface area (Å²) >= 11 is 0. The fourth-order valence-corrected chi connectivity index (χ4v) is 4.57. The van der Waals surface area contributed by atoms with Gasteiger partial charge >= 0.3 is 0 Å². The summed E-state index contributed by atoms with van der Waals surface area (Å²) in [7, 11) is -3.93. The molecule has 1 amide bonds. The third-order valence-electron chi connectivity index (χ3n) is 4.99. The molecule has 3 aromatic rings. The molecule has 8 heteroatoms. The van der Waals surface area contributed by atoms with E-state index >= 15 is 0 Å². The molecule has 7 nitrogen and oxygen atoms in total. The SMILES string of the molecule is CCC(C)C1=NS(=O)(=O)c2cc(NC(=O)c3ccco3)ccc2N1c1ccccc1. The maximum absolute atomic E-state index is 13.0. The molecule has 30 heavy (non-hydrogen) atoms. The minimum absolute atomic E-state index is 0.0376. The number of nitrogens with zero attached hydrogens (tertiary/aromatic N) is 2. The molecule has 1 N–H and O–H groups in total. The van der Waals surface area contributed by atoms with E-state index in [1.165, 1.54) is 18.4 Å². The van der Waals surface area contributed by atoms with Crippen LogP contribution in [0.1, 0.15) is 30.8 Å². The summed E-state index contributed by atoms with van der Waals surface area (Å²) in [5.41, 5.74) is 1.66. The van der Waals surface area contributed by atoms with Gasteiger partial charge in [-0.1, -0.05) is 32.0 Å². The molecule has 154 valence electrons. The number of sulfonamides is 1. The van der Waals surface area contributed by atoms with Crippen LogP contribution in [0.3, 0.4) is 0 Å². The Labute approximate surface area is 175 Å². The van der Waals surface area contributed by atoms with Crippen molar-refractivity contribution in [3.05, 3.63) is 72.7 Å². The number of fused-ring (bicyclic) bond motifs is 1. The van der Waals surface area contributed by atoms with Crippen LogP contribution >= 0.6 is 0 Å². The maximum atomic E-state index is 13.0. The molecular weight excluding hydrogens is 402 g/mol. The van der Waals surface area contributed by atoms with Crippen molar-refractivity contribution < 1.29 is 17.6 Å². The second-order valence-corrected chi connectivity index (χ2v) is 8.59. The predicted molar refractivity (Wildman–Crippen MR) is 116 cm³/mol. The van der Waals surface area contributed by atoms with Gasteiger partial charge in [0.15, 0.2) is 5.76 Å². The second-order valence-electron chi connectivity index (χ2n) is 7.02. The van der Waals surface area contributed by atoms with Crippen molar-refractivity contribution in [3.63, 3.8) is 0 Å². The van der Waals surface area contributed by atoms with Crippen LogP contribution in [0.25, 0.3) is 0 Å². The second kappa shape index (κ2) is 7.79. The average Bonchev–Trinajstić information content (AvgIpc) is 3.29. The van der Waals surface area contributed by atoms with Crippen molar-refractivity contribution in [2.75, 3.05) is 10.2 Å². The van der Waals surface area contributed by atoms with Crippen molar-refractivity contribution in [1.82, 2.24) is 0 Å². The van der Waals surface area contributed by atoms with Gasteiger partial charge in [-0.2, -0.15) is 8.42 Å². The highest BCUT2D eigenvalue weighted by Gasteiger charge is 2.34. The van der Waals surface area contributed by atoms with E-state index in [-0.39, 0.29) is 16.6 Å². The maximum Gasteiger partial charge on any atom is 0.291 e. The Morgan fingerprint density at radius 3 is 2.57 bits per heavy atom. The molecular formula is C22H21N3O4S. The van der Waals surface area contributed by atoms with Crippen molar-refractivity contribution in [2.45, 2.75) is 25.2 Å². The molecule has 0 saturated carbocycles. The summed E-state index contributed by atoms with van der Waals surface area (Å²) in [5, 5.41) is 2.67. The van der Waals surface area contributed by atoms with E-state index in [4.69, 9.17) is 4.42 Å². The Balaban J connectivity index is 1.81.